The van der Waals surface area contributed by atoms with Gasteiger partial charge in [-0.25, -0.2) is 0 Å². The molecule has 0 saturated carbocycles. The number of carbonyl (C=O) groups is 1. The van der Waals surface area contributed by atoms with Crippen LogP contribution in [0, 0.1) is 5.92 Å². The van der Waals surface area contributed by atoms with Crippen LogP contribution in [-0.4, -0.2) is 49.7 Å². The summed E-state index contributed by atoms with van der Waals surface area (Å²) in [6.45, 7) is 4.69. The molecule has 0 aromatic rings. The molecule has 4 nitrogen and oxygen atoms in total. The predicted molar refractivity (Wildman–Crippen MR) is 62.2 cm³/mol. The van der Waals surface area contributed by atoms with Gasteiger partial charge < -0.3 is 15.0 Å². The Balaban J connectivity index is 1.88. The van der Waals surface area contributed by atoms with Crippen LogP contribution in [0.5, 0.6) is 0 Å². The molecule has 2 aliphatic heterocycles. The summed E-state index contributed by atoms with van der Waals surface area (Å²) in [5.74, 6) is 0.739. The molecule has 0 aliphatic carbocycles. The molecular formula is C12H22N2O2. The van der Waals surface area contributed by atoms with E-state index in [-0.39, 0.29) is 12.0 Å². The zero-order valence-electron chi connectivity index (χ0n) is 10.2. The first-order valence-electron chi connectivity index (χ1n) is 6.30. The predicted octanol–water partition coefficient (Wildman–Crippen LogP) is 0.622. The van der Waals surface area contributed by atoms with Gasteiger partial charge in [0.05, 0.1) is 0 Å². The van der Waals surface area contributed by atoms with Crippen LogP contribution in [-0.2, 0) is 9.53 Å². The van der Waals surface area contributed by atoms with Gasteiger partial charge in [-0.1, -0.05) is 6.92 Å². The number of amides is 1. The quantitative estimate of drug-likeness (QED) is 0.750. The van der Waals surface area contributed by atoms with Crippen molar-refractivity contribution in [3.63, 3.8) is 0 Å². The average molecular weight is 226 g/mol. The number of hydrogen-bond donors (Lipinski definition) is 1. The van der Waals surface area contributed by atoms with Crippen LogP contribution < -0.4 is 5.32 Å². The first kappa shape index (κ1) is 11.9. The highest BCUT2D eigenvalue weighted by Crippen LogP contribution is 2.20. The van der Waals surface area contributed by atoms with Gasteiger partial charge in [-0.2, -0.15) is 0 Å². The van der Waals surface area contributed by atoms with Crippen LogP contribution in [0.25, 0.3) is 0 Å². The summed E-state index contributed by atoms with van der Waals surface area (Å²) in [5, 5.41) is 3.31. The smallest absolute Gasteiger partial charge is 0.251 e. The van der Waals surface area contributed by atoms with E-state index in [2.05, 4.69) is 12.2 Å². The lowest BCUT2D eigenvalue weighted by Crippen LogP contribution is -2.51. The second kappa shape index (κ2) is 5.15. The number of carbonyl (C=O) groups excluding carboxylic acids is 1. The molecule has 2 saturated heterocycles. The monoisotopic (exact) mass is 226 g/mol. The maximum Gasteiger partial charge on any atom is 0.251 e. The largest absolute Gasteiger partial charge is 0.368 e. The molecule has 0 aromatic carbocycles. The first-order chi connectivity index (χ1) is 7.72. The third-order valence-corrected chi connectivity index (χ3v) is 3.79. The fourth-order valence-electron chi connectivity index (χ4n) is 2.75. The molecule has 1 N–H and O–H groups in total. The standard InChI is InChI=1S/C12H22N2O2/c1-9-8-14(6-5-10(9)13-2)12(15)11-4-3-7-16-11/h9-11,13H,3-8H2,1-2H3. The summed E-state index contributed by atoms with van der Waals surface area (Å²) < 4.78 is 5.45. The average Bonchev–Trinajstić information content (AvgIpc) is 2.81. The zero-order valence-corrected chi connectivity index (χ0v) is 10.2. The van der Waals surface area contributed by atoms with E-state index < -0.39 is 0 Å². The van der Waals surface area contributed by atoms with Gasteiger partial charge in [0.25, 0.3) is 5.91 Å². The second-order valence-corrected chi connectivity index (χ2v) is 4.95. The number of nitrogens with zero attached hydrogens (tertiary/aromatic N) is 1. The van der Waals surface area contributed by atoms with Crippen LogP contribution in [0.15, 0.2) is 0 Å². The summed E-state index contributed by atoms with van der Waals surface area (Å²) in [6, 6.07) is 0.550. The van der Waals surface area contributed by atoms with Crippen molar-refractivity contribution in [2.75, 3.05) is 26.7 Å². The van der Waals surface area contributed by atoms with E-state index in [1.54, 1.807) is 0 Å². The van der Waals surface area contributed by atoms with Crippen molar-refractivity contribution >= 4 is 5.91 Å². The van der Waals surface area contributed by atoms with E-state index >= 15 is 0 Å². The molecule has 0 spiro atoms. The van der Waals surface area contributed by atoms with Gasteiger partial charge in [0.1, 0.15) is 6.10 Å². The van der Waals surface area contributed by atoms with Crippen LogP contribution in [0.3, 0.4) is 0 Å². The molecule has 3 atom stereocenters. The molecule has 1 amide bonds. The van der Waals surface area contributed by atoms with E-state index in [0.717, 1.165) is 39.0 Å². The molecule has 92 valence electrons. The van der Waals surface area contributed by atoms with Gasteiger partial charge in [-0.3, -0.25) is 4.79 Å². The molecule has 2 heterocycles. The molecule has 0 bridgehead atoms. The van der Waals surface area contributed by atoms with Crippen molar-refractivity contribution in [2.24, 2.45) is 5.92 Å². The highest BCUT2D eigenvalue weighted by Gasteiger charge is 2.33. The Kier molecular flexibility index (Phi) is 3.82. The maximum atomic E-state index is 12.1. The van der Waals surface area contributed by atoms with Crippen molar-refractivity contribution in [3.05, 3.63) is 0 Å². The molecule has 4 heteroatoms. The Hall–Kier alpha value is -0.610. The van der Waals surface area contributed by atoms with Crippen molar-refractivity contribution < 1.29 is 9.53 Å². The molecule has 0 radical (unpaired) electrons. The number of nitrogens with one attached hydrogen (secondary N) is 1. The highest BCUT2D eigenvalue weighted by atomic mass is 16.5. The van der Waals surface area contributed by atoms with E-state index in [4.69, 9.17) is 4.74 Å². The van der Waals surface area contributed by atoms with E-state index in [1.807, 2.05) is 11.9 Å². The second-order valence-electron chi connectivity index (χ2n) is 4.95. The lowest BCUT2D eigenvalue weighted by molar-refractivity contribution is -0.143. The fraction of sp³-hybridized carbons (Fsp3) is 0.917. The summed E-state index contributed by atoms with van der Waals surface area (Å²) >= 11 is 0. The lowest BCUT2D eigenvalue weighted by Gasteiger charge is -2.37. The van der Waals surface area contributed by atoms with E-state index in [1.165, 1.54) is 0 Å². The Morgan fingerprint density at radius 1 is 1.44 bits per heavy atom. The van der Waals surface area contributed by atoms with Crippen LogP contribution in [0.2, 0.25) is 0 Å². The zero-order chi connectivity index (χ0) is 11.5. The first-order valence-corrected chi connectivity index (χ1v) is 6.30. The summed E-state index contributed by atoms with van der Waals surface area (Å²) in [5.41, 5.74) is 0. The molecule has 0 aromatic heterocycles. The minimum absolute atomic E-state index is 0.154. The summed E-state index contributed by atoms with van der Waals surface area (Å²) in [6.07, 6.45) is 2.83. The number of ether oxygens (including phenoxy) is 1. The fourth-order valence-corrected chi connectivity index (χ4v) is 2.75. The van der Waals surface area contributed by atoms with Gasteiger partial charge in [0.2, 0.25) is 0 Å². The van der Waals surface area contributed by atoms with Crippen LogP contribution in [0.1, 0.15) is 26.2 Å². The third-order valence-electron chi connectivity index (χ3n) is 3.79. The van der Waals surface area contributed by atoms with Crippen molar-refractivity contribution in [2.45, 2.75) is 38.3 Å². The number of hydrogen-bond acceptors (Lipinski definition) is 3. The van der Waals surface area contributed by atoms with Gasteiger partial charge >= 0.3 is 0 Å². The van der Waals surface area contributed by atoms with Crippen molar-refractivity contribution in [1.82, 2.24) is 10.2 Å². The Bertz CT molecular complexity index is 251. The summed E-state index contributed by atoms with van der Waals surface area (Å²) in [7, 11) is 2.00. The van der Waals surface area contributed by atoms with Crippen LogP contribution >= 0.6 is 0 Å². The Morgan fingerprint density at radius 2 is 2.25 bits per heavy atom. The van der Waals surface area contributed by atoms with Gasteiger partial charge in [0, 0.05) is 25.7 Å². The summed E-state index contributed by atoms with van der Waals surface area (Å²) in [4.78, 5) is 14.1. The number of piperidine rings is 1. The minimum atomic E-state index is -0.154. The van der Waals surface area contributed by atoms with E-state index in [9.17, 15) is 4.79 Å². The molecule has 2 rings (SSSR count). The Labute approximate surface area is 97.3 Å². The topological polar surface area (TPSA) is 41.6 Å². The van der Waals surface area contributed by atoms with Gasteiger partial charge in [-0.15, -0.1) is 0 Å². The normalized spacial score (nSPS) is 35.4. The molecule has 3 unspecified atom stereocenters. The van der Waals surface area contributed by atoms with Gasteiger partial charge in [0.15, 0.2) is 0 Å². The van der Waals surface area contributed by atoms with Crippen molar-refractivity contribution in [3.8, 4) is 0 Å². The minimum Gasteiger partial charge on any atom is -0.368 e. The maximum absolute atomic E-state index is 12.1. The third kappa shape index (κ3) is 2.38. The lowest BCUT2D eigenvalue weighted by atomic mass is 9.93. The highest BCUT2D eigenvalue weighted by molar-refractivity contribution is 5.81. The molecule has 2 fully saturated rings. The van der Waals surface area contributed by atoms with Crippen LogP contribution in [0.4, 0.5) is 0 Å². The molecule has 16 heavy (non-hydrogen) atoms. The molecular weight excluding hydrogens is 204 g/mol. The molecule has 2 aliphatic rings. The van der Waals surface area contributed by atoms with Crippen molar-refractivity contribution in [1.29, 1.82) is 0 Å². The Morgan fingerprint density at radius 3 is 2.81 bits per heavy atom. The van der Waals surface area contributed by atoms with Gasteiger partial charge in [-0.05, 0) is 32.2 Å². The SMILES string of the molecule is CNC1CCN(C(=O)C2CCCO2)CC1C. The number of rotatable bonds is 2. The van der Waals surface area contributed by atoms with E-state index in [0.29, 0.717) is 12.0 Å². The number of likely N-dealkylation sites (tertiary alicyclic amines) is 1.